The van der Waals surface area contributed by atoms with Crippen molar-refractivity contribution in [2.75, 3.05) is 36.3 Å². The molecule has 6 N–H and O–H groups in total. The Labute approximate surface area is 173 Å². The summed E-state index contributed by atoms with van der Waals surface area (Å²) in [5.41, 5.74) is 5.27. The van der Waals surface area contributed by atoms with Gasteiger partial charge in [0.15, 0.2) is 0 Å². The average Bonchev–Trinajstić information content (AvgIpc) is 2.65. The molecule has 0 saturated heterocycles. The monoisotopic (exact) mass is 440 g/mol. The fourth-order valence-electron chi connectivity index (χ4n) is 1.99. The first-order chi connectivity index (χ1) is 12.8. The van der Waals surface area contributed by atoms with Crippen molar-refractivity contribution in [3.05, 3.63) is 0 Å². The molecule has 0 aliphatic carbocycles. The summed E-state index contributed by atoms with van der Waals surface area (Å²) in [5, 5.41) is 16.6. The quantitative estimate of drug-likeness (QED) is 0.187. The predicted molar refractivity (Wildman–Crippen MR) is 112 cm³/mol. The highest BCUT2D eigenvalue weighted by Gasteiger charge is 2.28. The SMILES string of the molecule is CSCCC(NC(=O)C(CS)NC(=O)C(CCSC)NC(=O)CN)C(=O)O. The molecule has 3 amide bonds. The fourth-order valence-corrected chi connectivity index (χ4v) is 3.19. The van der Waals surface area contributed by atoms with Crippen LogP contribution in [0.15, 0.2) is 0 Å². The van der Waals surface area contributed by atoms with Crippen LogP contribution >= 0.6 is 36.2 Å². The Morgan fingerprint density at radius 1 is 0.926 bits per heavy atom. The summed E-state index contributed by atoms with van der Waals surface area (Å²) in [5.74, 6) is -1.64. The summed E-state index contributed by atoms with van der Waals surface area (Å²) in [6.45, 7) is -0.255. The molecule has 0 heterocycles. The van der Waals surface area contributed by atoms with E-state index in [0.717, 1.165) is 0 Å². The topological polar surface area (TPSA) is 151 Å². The molecule has 27 heavy (non-hydrogen) atoms. The van der Waals surface area contributed by atoms with Crippen LogP contribution in [0.25, 0.3) is 0 Å². The molecule has 156 valence electrons. The molecule has 12 heteroatoms. The molecule has 0 aromatic carbocycles. The molecular weight excluding hydrogens is 412 g/mol. The molecule has 0 aromatic rings. The van der Waals surface area contributed by atoms with Crippen LogP contribution in [-0.4, -0.2) is 83.2 Å². The predicted octanol–water partition coefficient (Wildman–Crippen LogP) is -1.08. The van der Waals surface area contributed by atoms with Crippen LogP contribution in [0.1, 0.15) is 12.8 Å². The van der Waals surface area contributed by atoms with Crippen molar-refractivity contribution in [1.29, 1.82) is 0 Å². The molecule has 0 saturated carbocycles. The first-order valence-electron chi connectivity index (χ1n) is 8.22. The Hall–Kier alpha value is -1.11. The fraction of sp³-hybridized carbons (Fsp3) is 0.733. The maximum Gasteiger partial charge on any atom is 0.326 e. The van der Waals surface area contributed by atoms with Crippen molar-refractivity contribution < 1.29 is 24.3 Å². The molecular formula is C15H28N4O5S3. The lowest BCUT2D eigenvalue weighted by Crippen LogP contribution is -2.57. The molecule has 0 spiro atoms. The van der Waals surface area contributed by atoms with E-state index in [4.69, 9.17) is 5.73 Å². The van der Waals surface area contributed by atoms with Crippen molar-refractivity contribution in [1.82, 2.24) is 16.0 Å². The van der Waals surface area contributed by atoms with Gasteiger partial charge in [-0.05, 0) is 36.9 Å². The second-order valence-electron chi connectivity index (χ2n) is 5.53. The highest BCUT2D eigenvalue weighted by atomic mass is 32.2. The van der Waals surface area contributed by atoms with E-state index < -0.39 is 41.8 Å². The third kappa shape index (κ3) is 10.7. The Bertz CT molecular complexity index is 510. The van der Waals surface area contributed by atoms with E-state index in [-0.39, 0.29) is 18.7 Å². The number of nitrogens with two attached hydrogens (primary N) is 1. The second-order valence-corrected chi connectivity index (χ2v) is 7.87. The van der Waals surface area contributed by atoms with Crippen LogP contribution in [-0.2, 0) is 19.2 Å². The molecule has 0 radical (unpaired) electrons. The molecule has 3 atom stereocenters. The maximum atomic E-state index is 12.5. The van der Waals surface area contributed by atoms with Crippen molar-refractivity contribution in [3.8, 4) is 0 Å². The number of amides is 3. The second kappa shape index (κ2) is 14.9. The third-order valence-corrected chi connectivity index (χ3v) is 5.14. The van der Waals surface area contributed by atoms with Gasteiger partial charge in [0.25, 0.3) is 0 Å². The normalized spacial score (nSPS) is 13.9. The molecule has 0 aliphatic rings. The smallest absolute Gasteiger partial charge is 0.326 e. The summed E-state index contributed by atoms with van der Waals surface area (Å²) in [7, 11) is 0. The van der Waals surface area contributed by atoms with E-state index in [0.29, 0.717) is 17.9 Å². The molecule has 0 rings (SSSR count). The lowest BCUT2D eigenvalue weighted by atomic mass is 10.1. The first-order valence-corrected chi connectivity index (χ1v) is 11.6. The van der Waals surface area contributed by atoms with Gasteiger partial charge >= 0.3 is 5.97 Å². The number of rotatable bonds is 14. The number of thiol groups is 1. The highest BCUT2D eigenvalue weighted by Crippen LogP contribution is 2.04. The number of carboxylic acids is 1. The van der Waals surface area contributed by atoms with Gasteiger partial charge in [-0.2, -0.15) is 36.2 Å². The Balaban J connectivity index is 4.96. The molecule has 9 nitrogen and oxygen atoms in total. The van der Waals surface area contributed by atoms with E-state index in [9.17, 15) is 24.3 Å². The number of nitrogens with one attached hydrogen (secondary N) is 3. The largest absolute Gasteiger partial charge is 0.480 e. The number of carbonyl (C=O) groups excluding carboxylic acids is 3. The number of hydrogen-bond donors (Lipinski definition) is 6. The van der Waals surface area contributed by atoms with E-state index in [1.165, 1.54) is 23.5 Å². The average molecular weight is 441 g/mol. The van der Waals surface area contributed by atoms with Gasteiger partial charge in [0.2, 0.25) is 17.7 Å². The first kappa shape index (κ1) is 25.9. The van der Waals surface area contributed by atoms with Gasteiger partial charge in [0, 0.05) is 5.75 Å². The zero-order valence-corrected chi connectivity index (χ0v) is 17.9. The minimum absolute atomic E-state index is 0.0213. The van der Waals surface area contributed by atoms with Crippen LogP contribution in [0.4, 0.5) is 0 Å². The summed E-state index contributed by atoms with van der Waals surface area (Å²) >= 11 is 7.04. The molecule has 0 bridgehead atoms. The highest BCUT2D eigenvalue weighted by molar-refractivity contribution is 7.98. The van der Waals surface area contributed by atoms with Gasteiger partial charge in [-0.15, -0.1) is 0 Å². The van der Waals surface area contributed by atoms with E-state index in [2.05, 4.69) is 28.6 Å². The van der Waals surface area contributed by atoms with Crippen LogP contribution in [0, 0.1) is 0 Å². The maximum absolute atomic E-state index is 12.5. The van der Waals surface area contributed by atoms with Crippen LogP contribution in [0.5, 0.6) is 0 Å². The Morgan fingerprint density at radius 2 is 1.41 bits per heavy atom. The zero-order valence-electron chi connectivity index (χ0n) is 15.4. The minimum Gasteiger partial charge on any atom is -0.480 e. The summed E-state index contributed by atoms with van der Waals surface area (Å²) in [6.07, 6.45) is 4.33. The number of aliphatic carboxylic acids is 1. The van der Waals surface area contributed by atoms with E-state index >= 15 is 0 Å². The number of thioether (sulfide) groups is 2. The molecule has 3 unspecified atom stereocenters. The molecule has 0 fully saturated rings. The Kier molecular flexibility index (Phi) is 14.3. The summed E-state index contributed by atoms with van der Waals surface area (Å²) in [6, 6.07) is -2.91. The third-order valence-electron chi connectivity index (χ3n) is 3.49. The van der Waals surface area contributed by atoms with Gasteiger partial charge in [-0.3, -0.25) is 14.4 Å². The standard InChI is InChI=1S/C15H28N4O5S3/c1-26-5-3-9(17-12(20)7-16)13(21)19-11(8-25)14(22)18-10(15(23)24)4-6-27-2/h9-11,25H,3-8,16H2,1-2H3,(H,17,20)(H,18,22)(H,19,21)(H,23,24). The van der Waals surface area contributed by atoms with E-state index in [1.807, 2.05) is 12.5 Å². The molecule has 0 aliphatic heterocycles. The minimum atomic E-state index is -1.14. The number of carboxylic acid groups (broad SMARTS) is 1. The van der Waals surface area contributed by atoms with Gasteiger partial charge < -0.3 is 26.8 Å². The van der Waals surface area contributed by atoms with Crippen molar-refractivity contribution in [3.63, 3.8) is 0 Å². The zero-order chi connectivity index (χ0) is 20.8. The van der Waals surface area contributed by atoms with Gasteiger partial charge in [-0.25, -0.2) is 4.79 Å². The Morgan fingerprint density at radius 3 is 1.85 bits per heavy atom. The number of hydrogen-bond acceptors (Lipinski definition) is 8. The van der Waals surface area contributed by atoms with E-state index in [1.54, 1.807) is 0 Å². The van der Waals surface area contributed by atoms with Crippen molar-refractivity contribution >= 4 is 59.8 Å². The van der Waals surface area contributed by atoms with Gasteiger partial charge in [0.05, 0.1) is 6.54 Å². The van der Waals surface area contributed by atoms with Crippen LogP contribution in [0.2, 0.25) is 0 Å². The van der Waals surface area contributed by atoms with Crippen molar-refractivity contribution in [2.45, 2.75) is 31.0 Å². The lowest BCUT2D eigenvalue weighted by molar-refractivity contribution is -0.142. The van der Waals surface area contributed by atoms with Crippen LogP contribution in [0.3, 0.4) is 0 Å². The lowest BCUT2D eigenvalue weighted by Gasteiger charge is -2.23. The summed E-state index contributed by atoms with van der Waals surface area (Å²) in [4.78, 5) is 47.6. The van der Waals surface area contributed by atoms with Crippen molar-refractivity contribution in [2.24, 2.45) is 5.73 Å². The van der Waals surface area contributed by atoms with Crippen LogP contribution < -0.4 is 21.7 Å². The molecule has 0 aromatic heterocycles. The number of carbonyl (C=O) groups is 4. The summed E-state index contributed by atoms with van der Waals surface area (Å²) < 4.78 is 0. The van der Waals surface area contributed by atoms with Gasteiger partial charge in [-0.1, -0.05) is 0 Å². The van der Waals surface area contributed by atoms with Gasteiger partial charge in [0.1, 0.15) is 18.1 Å².